The maximum absolute atomic E-state index is 11.5. The highest BCUT2D eigenvalue weighted by atomic mass is 127. The molecular formula is C12H16IN3O3. The Bertz CT molecular complexity index is 423. The largest absolute Gasteiger partial charge is 0.383 e. The first-order valence-corrected chi connectivity index (χ1v) is 6.75. The van der Waals surface area contributed by atoms with E-state index in [1.807, 2.05) is 12.1 Å². The standard InChI is InChI=1S/C12H16IN3O3/c1-19-7-6-14-11(17)8-15-12(18)16-10-4-2-9(13)3-5-10/h2-5H,6-8H2,1H3,(H,14,17)(H2,15,16,18). The molecule has 1 aromatic carbocycles. The minimum Gasteiger partial charge on any atom is -0.383 e. The SMILES string of the molecule is COCCNC(=O)CNC(=O)Nc1ccc(I)cc1. The zero-order chi connectivity index (χ0) is 14.1. The van der Waals surface area contributed by atoms with Crippen LogP contribution >= 0.6 is 22.6 Å². The van der Waals surface area contributed by atoms with Crippen molar-refractivity contribution in [2.75, 3.05) is 32.1 Å². The molecule has 1 rings (SSSR count). The van der Waals surface area contributed by atoms with Gasteiger partial charge in [-0.2, -0.15) is 0 Å². The summed E-state index contributed by atoms with van der Waals surface area (Å²) in [7, 11) is 1.55. The molecule has 0 aliphatic heterocycles. The van der Waals surface area contributed by atoms with Crippen molar-refractivity contribution in [3.05, 3.63) is 27.8 Å². The van der Waals surface area contributed by atoms with Crippen LogP contribution in [0.25, 0.3) is 0 Å². The highest BCUT2D eigenvalue weighted by Crippen LogP contribution is 2.10. The molecule has 6 nitrogen and oxygen atoms in total. The van der Waals surface area contributed by atoms with Gasteiger partial charge >= 0.3 is 6.03 Å². The van der Waals surface area contributed by atoms with Crippen LogP contribution in [0.2, 0.25) is 0 Å². The maximum atomic E-state index is 11.5. The van der Waals surface area contributed by atoms with Crippen molar-refractivity contribution >= 4 is 40.2 Å². The number of anilines is 1. The van der Waals surface area contributed by atoms with Gasteiger partial charge in [-0.15, -0.1) is 0 Å². The minimum absolute atomic E-state index is 0.0695. The van der Waals surface area contributed by atoms with Crippen molar-refractivity contribution < 1.29 is 14.3 Å². The third kappa shape index (κ3) is 6.97. The number of halogens is 1. The summed E-state index contributed by atoms with van der Waals surface area (Å²) in [6.45, 7) is 0.802. The van der Waals surface area contributed by atoms with Crippen LogP contribution in [0.4, 0.5) is 10.5 Å². The molecule has 0 aliphatic carbocycles. The van der Waals surface area contributed by atoms with Crippen LogP contribution in [-0.4, -0.2) is 38.7 Å². The molecule has 3 N–H and O–H groups in total. The number of carbonyl (C=O) groups excluding carboxylic acids is 2. The van der Waals surface area contributed by atoms with Crippen LogP contribution < -0.4 is 16.0 Å². The Hall–Kier alpha value is -1.35. The number of hydrogen-bond donors (Lipinski definition) is 3. The second-order valence-electron chi connectivity index (χ2n) is 3.66. The first-order chi connectivity index (χ1) is 9.11. The monoisotopic (exact) mass is 377 g/mol. The average Bonchev–Trinajstić information content (AvgIpc) is 2.39. The van der Waals surface area contributed by atoms with Crippen molar-refractivity contribution in [2.24, 2.45) is 0 Å². The molecule has 0 saturated carbocycles. The van der Waals surface area contributed by atoms with E-state index in [1.165, 1.54) is 0 Å². The number of ether oxygens (including phenoxy) is 1. The van der Waals surface area contributed by atoms with E-state index in [-0.39, 0.29) is 12.5 Å². The third-order valence-electron chi connectivity index (χ3n) is 2.14. The number of rotatable bonds is 6. The molecule has 104 valence electrons. The summed E-state index contributed by atoms with van der Waals surface area (Å²) in [4.78, 5) is 22.8. The number of amides is 3. The molecule has 0 fully saturated rings. The normalized spacial score (nSPS) is 9.79. The number of urea groups is 1. The quantitative estimate of drug-likeness (QED) is 0.515. The molecule has 0 aliphatic rings. The number of hydrogen-bond acceptors (Lipinski definition) is 3. The van der Waals surface area contributed by atoms with Gasteiger partial charge in [0.1, 0.15) is 0 Å². The van der Waals surface area contributed by atoms with Crippen LogP contribution in [0.5, 0.6) is 0 Å². The molecular weight excluding hydrogens is 361 g/mol. The lowest BCUT2D eigenvalue weighted by atomic mass is 10.3. The zero-order valence-corrected chi connectivity index (χ0v) is 12.7. The smallest absolute Gasteiger partial charge is 0.319 e. The fourth-order valence-electron chi connectivity index (χ4n) is 1.22. The maximum Gasteiger partial charge on any atom is 0.319 e. The summed E-state index contributed by atoms with van der Waals surface area (Å²) < 4.78 is 5.88. The number of carbonyl (C=O) groups is 2. The van der Waals surface area contributed by atoms with E-state index in [0.717, 1.165) is 3.57 Å². The summed E-state index contributed by atoms with van der Waals surface area (Å²) in [5.74, 6) is -0.255. The van der Waals surface area contributed by atoms with E-state index < -0.39 is 6.03 Å². The summed E-state index contributed by atoms with van der Waals surface area (Å²) in [6.07, 6.45) is 0. The van der Waals surface area contributed by atoms with Crippen molar-refractivity contribution in [1.29, 1.82) is 0 Å². The van der Waals surface area contributed by atoms with Gasteiger partial charge in [0.05, 0.1) is 13.2 Å². The zero-order valence-electron chi connectivity index (χ0n) is 10.5. The van der Waals surface area contributed by atoms with Crippen molar-refractivity contribution in [2.45, 2.75) is 0 Å². The average molecular weight is 377 g/mol. The van der Waals surface area contributed by atoms with Gasteiger partial charge in [0.25, 0.3) is 0 Å². The van der Waals surface area contributed by atoms with Gasteiger partial charge in [-0.05, 0) is 46.9 Å². The molecule has 0 radical (unpaired) electrons. The fourth-order valence-corrected chi connectivity index (χ4v) is 1.58. The van der Waals surface area contributed by atoms with Gasteiger partial charge in [-0.1, -0.05) is 0 Å². The molecule has 7 heteroatoms. The Labute approximate surface area is 125 Å². The van der Waals surface area contributed by atoms with E-state index in [9.17, 15) is 9.59 Å². The fraction of sp³-hybridized carbons (Fsp3) is 0.333. The summed E-state index contributed by atoms with van der Waals surface area (Å²) in [6, 6.07) is 6.93. The van der Waals surface area contributed by atoms with Crippen LogP contribution in [-0.2, 0) is 9.53 Å². The first kappa shape index (κ1) is 15.7. The van der Waals surface area contributed by atoms with Crippen molar-refractivity contribution in [3.8, 4) is 0 Å². The molecule has 0 aromatic heterocycles. The molecule has 3 amide bonds. The Morgan fingerprint density at radius 2 is 1.89 bits per heavy atom. The van der Waals surface area contributed by atoms with E-state index >= 15 is 0 Å². The summed E-state index contributed by atoms with van der Waals surface area (Å²) in [5, 5.41) is 7.70. The highest BCUT2D eigenvalue weighted by Gasteiger charge is 2.04. The predicted octanol–water partition coefficient (Wildman–Crippen LogP) is 1.18. The van der Waals surface area contributed by atoms with Gasteiger partial charge in [0.2, 0.25) is 5.91 Å². The second-order valence-corrected chi connectivity index (χ2v) is 4.90. The molecule has 19 heavy (non-hydrogen) atoms. The van der Waals surface area contributed by atoms with Gasteiger partial charge in [0, 0.05) is 22.9 Å². The number of benzene rings is 1. The first-order valence-electron chi connectivity index (χ1n) is 5.68. The van der Waals surface area contributed by atoms with E-state index in [1.54, 1.807) is 19.2 Å². The lowest BCUT2D eigenvalue weighted by Gasteiger charge is -2.08. The highest BCUT2D eigenvalue weighted by molar-refractivity contribution is 14.1. The van der Waals surface area contributed by atoms with E-state index in [2.05, 4.69) is 38.5 Å². The second kappa shape index (κ2) is 8.70. The summed E-state index contributed by atoms with van der Waals surface area (Å²) >= 11 is 2.18. The van der Waals surface area contributed by atoms with Crippen molar-refractivity contribution in [1.82, 2.24) is 10.6 Å². The topological polar surface area (TPSA) is 79.5 Å². The number of nitrogens with one attached hydrogen (secondary N) is 3. The summed E-state index contributed by atoms with van der Waals surface area (Å²) in [5.41, 5.74) is 0.678. The third-order valence-corrected chi connectivity index (χ3v) is 2.86. The Kier molecular flexibility index (Phi) is 7.19. The lowest BCUT2D eigenvalue weighted by Crippen LogP contribution is -2.39. The Balaban J connectivity index is 2.24. The van der Waals surface area contributed by atoms with Crippen LogP contribution in [0.1, 0.15) is 0 Å². The lowest BCUT2D eigenvalue weighted by molar-refractivity contribution is -0.120. The molecule has 1 aromatic rings. The van der Waals surface area contributed by atoms with Gasteiger partial charge in [-0.3, -0.25) is 4.79 Å². The molecule has 0 atom stereocenters. The Morgan fingerprint density at radius 1 is 1.21 bits per heavy atom. The van der Waals surface area contributed by atoms with Crippen LogP contribution in [0.3, 0.4) is 0 Å². The van der Waals surface area contributed by atoms with Crippen molar-refractivity contribution in [3.63, 3.8) is 0 Å². The van der Waals surface area contributed by atoms with Crippen LogP contribution in [0, 0.1) is 3.57 Å². The minimum atomic E-state index is -0.414. The molecule has 0 bridgehead atoms. The van der Waals surface area contributed by atoms with Gasteiger partial charge in [-0.25, -0.2) is 4.79 Å². The molecule has 0 unspecified atom stereocenters. The Morgan fingerprint density at radius 3 is 2.53 bits per heavy atom. The molecule has 0 heterocycles. The van der Waals surface area contributed by atoms with E-state index in [0.29, 0.717) is 18.8 Å². The molecule has 0 spiro atoms. The number of methoxy groups -OCH3 is 1. The predicted molar refractivity (Wildman–Crippen MR) is 81.1 cm³/mol. The molecule has 0 saturated heterocycles. The van der Waals surface area contributed by atoms with Gasteiger partial charge < -0.3 is 20.7 Å². The van der Waals surface area contributed by atoms with E-state index in [4.69, 9.17) is 4.74 Å². The van der Waals surface area contributed by atoms with Gasteiger partial charge in [0.15, 0.2) is 0 Å². The van der Waals surface area contributed by atoms with Crippen LogP contribution in [0.15, 0.2) is 24.3 Å².